The van der Waals surface area contributed by atoms with Gasteiger partial charge in [0.25, 0.3) is 0 Å². The van der Waals surface area contributed by atoms with Gasteiger partial charge in [-0.1, -0.05) is 6.07 Å². The van der Waals surface area contributed by atoms with Crippen LogP contribution in [0.2, 0.25) is 0 Å². The normalized spacial score (nSPS) is 11.8. The number of amides is 1. The number of hydrogen-bond donors (Lipinski definition) is 2. The molecule has 2 N–H and O–H groups in total. The van der Waals surface area contributed by atoms with Crippen molar-refractivity contribution in [3.63, 3.8) is 0 Å². The SMILES string of the molecule is COCC(=O)NCC(O)c1ccc(OC)c(OC)c1. The van der Waals surface area contributed by atoms with Gasteiger partial charge in [0.15, 0.2) is 11.5 Å². The molecule has 1 aromatic carbocycles. The summed E-state index contributed by atoms with van der Waals surface area (Å²) < 4.78 is 14.9. The van der Waals surface area contributed by atoms with Crippen LogP contribution >= 0.6 is 0 Å². The van der Waals surface area contributed by atoms with Crippen molar-refractivity contribution in [3.8, 4) is 11.5 Å². The van der Waals surface area contributed by atoms with E-state index in [-0.39, 0.29) is 19.1 Å². The van der Waals surface area contributed by atoms with Crippen LogP contribution in [0.1, 0.15) is 11.7 Å². The molecule has 1 amide bonds. The van der Waals surface area contributed by atoms with E-state index in [2.05, 4.69) is 10.1 Å². The van der Waals surface area contributed by atoms with Crippen molar-refractivity contribution in [1.82, 2.24) is 5.32 Å². The second kappa shape index (κ2) is 7.60. The topological polar surface area (TPSA) is 77.0 Å². The van der Waals surface area contributed by atoms with Crippen molar-refractivity contribution in [1.29, 1.82) is 0 Å². The lowest BCUT2D eigenvalue weighted by molar-refractivity contribution is -0.125. The number of nitrogens with one attached hydrogen (secondary N) is 1. The van der Waals surface area contributed by atoms with Gasteiger partial charge in [-0.3, -0.25) is 4.79 Å². The monoisotopic (exact) mass is 269 g/mol. The van der Waals surface area contributed by atoms with Gasteiger partial charge in [-0.05, 0) is 17.7 Å². The number of ether oxygens (including phenoxy) is 3. The third-order valence-corrected chi connectivity index (χ3v) is 2.56. The molecular weight excluding hydrogens is 250 g/mol. The van der Waals surface area contributed by atoms with Crippen LogP contribution in [0, 0.1) is 0 Å². The molecule has 0 aromatic heterocycles. The predicted molar refractivity (Wildman–Crippen MR) is 69.4 cm³/mol. The minimum Gasteiger partial charge on any atom is -0.493 e. The molecule has 6 heteroatoms. The highest BCUT2D eigenvalue weighted by atomic mass is 16.5. The van der Waals surface area contributed by atoms with Crippen LogP contribution in [-0.2, 0) is 9.53 Å². The zero-order chi connectivity index (χ0) is 14.3. The third kappa shape index (κ3) is 4.42. The first-order valence-electron chi connectivity index (χ1n) is 5.78. The fourth-order valence-corrected chi connectivity index (χ4v) is 1.57. The number of aliphatic hydroxyl groups is 1. The first-order valence-corrected chi connectivity index (χ1v) is 5.78. The predicted octanol–water partition coefficient (Wildman–Crippen LogP) is 0.500. The summed E-state index contributed by atoms with van der Waals surface area (Å²) in [7, 11) is 4.50. The lowest BCUT2D eigenvalue weighted by Gasteiger charge is -2.14. The number of benzene rings is 1. The molecule has 19 heavy (non-hydrogen) atoms. The highest BCUT2D eigenvalue weighted by Gasteiger charge is 2.12. The third-order valence-electron chi connectivity index (χ3n) is 2.56. The largest absolute Gasteiger partial charge is 0.493 e. The lowest BCUT2D eigenvalue weighted by Crippen LogP contribution is -2.31. The van der Waals surface area contributed by atoms with Gasteiger partial charge in [0.05, 0.1) is 20.3 Å². The summed E-state index contributed by atoms with van der Waals surface area (Å²) in [5.41, 5.74) is 0.635. The number of carbonyl (C=O) groups is 1. The Labute approximate surface area is 112 Å². The van der Waals surface area contributed by atoms with Gasteiger partial charge in [0, 0.05) is 13.7 Å². The summed E-state index contributed by atoms with van der Waals surface area (Å²) in [5, 5.41) is 12.5. The van der Waals surface area contributed by atoms with Crippen LogP contribution in [0.25, 0.3) is 0 Å². The van der Waals surface area contributed by atoms with Crippen LogP contribution in [0.3, 0.4) is 0 Å². The lowest BCUT2D eigenvalue weighted by atomic mass is 10.1. The first kappa shape index (κ1) is 15.3. The highest BCUT2D eigenvalue weighted by molar-refractivity contribution is 5.77. The average molecular weight is 269 g/mol. The minimum atomic E-state index is -0.819. The summed E-state index contributed by atoms with van der Waals surface area (Å²) >= 11 is 0. The quantitative estimate of drug-likeness (QED) is 0.753. The molecule has 0 bridgehead atoms. The van der Waals surface area contributed by atoms with Crippen LogP contribution in [0.5, 0.6) is 11.5 Å². The highest BCUT2D eigenvalue weighted by Crippen LogP contribution is 2.29. The number of carbonyl (C=O) groups excluding carboxylic acids is 1. The van der Waals surface area contributed by atoms with Gasteiger partial charge in [0.2, 0.25) is 5.91 Å². The van der Waals surface area contributed by atoms with Crippen LogP contribution in [0.15, 0.2) is 18.2 Å². The van der Waals surface area contributed by atoms with Gasteiger partial charge in [0.1, 0.15) is 6.61 Å². The Balaban J connectivity index is 2.66. The Morgan fingerprint density at radius 2 is 1.95 bits per heavy atom. The fourth-order valence-electron chi connectivity index (χ4n) is 1.57. The summed E-state index contributed by atoms with van der Waals surface area (Å²) in [5.74, 6) is 0.839. The van der Waals surface area contributed by atoms with E-state index < -0.39 is 6.10 Å². The van der Waals surface area contributed by atoms with Crippen molar-refractivity contribution in [2.24, 2.45) is 0 Å². The molecule has 0 aliphatic heterocycles. The number of rotatable bonds is 7. The molecule has 0 saturated heterocycles. The van der Waals surface area contributed by atoms with Gasteiger partial charge in [-0.25, -0.2) is 0 Å². The van der Waals surface area contributed by atoms with Crippen molar-refractivity contribution in [3.05, 3.63) is 23.8 Å². The van der Waals surface area contributed by atoms with Gasteiger partial charge in [-0.15, -0.1) is 0 Å². The van der Waals surface area contributed by atoms with Gasteiger partial charge in [-0.2, -0.15) is 0 Å². The second-order valence-electron chi connectivity index (χ2n) is 3.87. The fraction of sp³-hybridized carbons (Fsp3) is 0.462. The smallest absolute Gasteiger partial charge is 0.246 e. The van der Waals surface area contributed by atoms with Gasteiger partial charge < -0.3 is 24.6 Å². The summed E-state index contributed by atoms with van der Waals surface area (Å²) in [4.78, 5) is 11.2. The molecule has 106 valence electrons. The van der Waals surface area contributed by atoms with E-state index in [1.165, 1.54) is 14.2 Å². The standard InChI is InChI=1S/C13H19NO5/c1-17-8-13(16)14-7-10(15)9-4-5-11(18-2)12(6-9)19-3/h4-6,10,15H,7-8H2,1-3H3,(H,14,16). The maximum Gasteiger partial charge on any atom is 0.246 e. The Kier molecular flexibility index (Phi) is 6.11. The Hall–Kier alpha value is -1.79. The molecule has 6 nitrogen and oxygen atoms in total. The number of hydrogen-bond acceptors (Lipinski definition) is 5. The molecule has 0 aliphatic carbocycles. The molecular formula is C13H19NO5. The molecule has 1 unspecified atom stereocenters. The van der Waals surface area contributed by atoms with Crippen LogP contribution < -0.4 is 14.8 Å². The zero-order valence-electron chi connectivity index (χ0n) is 11.3. The van der Waals surface area contributed by atoms with E-state index >= 15 is 0 Å². The molecule has 0 saturated carbocycles. The Bertz CT molecular complexity index is 421. The van der Waals surface area contributed by atoms with E-state index in [1.807, 2.05) is 0 Å². The Morgan fingerprint density at radius 1 is 1.26 bits per heavy atom. The molecule has 0 radical (unpaired) electrons. The summed E-state index contributed by atoms with van der Waals surface area (Å²) in [6.45, 7) is 0.0797. The molecule has 0 heterocycles. The van der Waals surface area contributed by atoms with Crippen molar-refractivity contribution in [2.45, 2.75) is 6.10 Å². The second-order valence-corrected chi connectivity index (χ2v) is 3.87. The van der Waals surface area contributed by atoms with Crippen LogP contribution in [-0.4, -0.2) is 45.5 Å². The summed E-state index contributed by atoms with van der Waals surface area (Å²) in [6, 6.07) is 5.09. The summed E-state index contributed by atoms with van der Waals surface area (Å²) in [6.07, 6.45) is -0.819. The van der Waals surface area contributed by atoms with E-state index in [0.717, 1.165) is 0 Å². The molecule has 1 atom stereocenters. The van der Waals surface area contributed by atoms with E-state index in [9.17, 15) is 9.90 Å². The molecule has 0 fully saturated rings. The minimum absolute atomic E-state index is 0.0291. The number of aliphatic hydroxyl groups excluding tert-OH is 1. The molecule has 1 aromatic rings. The first-order chi connectivity index (χ1) is 9.12. The van der Waals surface area contributed by atoms with Crippen molar-refractivity contribution >= 4 is 5.91 Å². The van der Waals surface area contributed by atoms with Crippen molar-refractivity contribution in [2.75, 3.05) is 34.5 Å². The zero-order valence-corrected chi connectivity index (χ0v) is 11.3. The maximum atomic E-state index is 11.2. The van der Waals surface area contributed by atoms with E-state index in [4.69, 9.17) is 9.47 Å². The maximum absolute atomic E-state index is 11.2. The van der Waals surface area contributed by atoms with Crippen LogP contribution in [0.4, 0.5) is 0 Å². The van der Waals surface area contributed by atoms with E-state index in [0.29, 0.717) is 17.1 Å². The Morgan fingerprint density at radius 3 is 2.53 bits per heavy atom. The molecule has 0 spiro atoms. The van der Waals surface area contributed by atoms with Crippen molar-refractivity contribution < 1.29 is 24.1 Å². The average Bonchev–Trinajstić information content (AvgIpc) is 2.44. The molecule has 1 rings (SSSR count). The van der Waals surface area contributed by atoms with Gasteiger partial charge >= 0.3 is 0 Å². The number of methoxy groups -OCH3 is 3. The molecule has 0 aliphatic rings. The van der Waals surface area contributed by atoms with E-state index in [1.54, 1.807) is 25.3 Å².